The minimum atomic E-state index is -0.335. The Morgan fingerprint density at radius 1 is 1.33 bits per heavy atom. The molecule has 1 aromatic heterocycles. The third kappa shape index (κ3) is 3.96. The van der Waals surface area contributed by atoms with Crippen LogP contribution in [0.15, 0.2) is 22.6 Å². The first-order valence-corrected chi connectivity index (χ1v) is 8.73. The number of fused-ring (bicyclic) bond motifs is 1. The normalized spacial score (nSPS) is 15.8. The molecule has 0 unspecified atom stereocenters. The van der Waals surface area contributed by atoms with Crippen molar-refractivity contribution in [1.82, 2.24) is 5.32 Å². The number of carbonyl (C=O) groups excluding carboxylic acids is 1. The zero-order valence-electron chi connectivity index (χ0n) is 14.1. The molecule has 24 heavy (non-hydrogen) atoms. The minimum Gasteiger partial charge on any atom is -0.451 e. The highest BCUT2D eigenvalue weighted by Crippen LogP contribution is 2.26. The van der Waals surface area contributed by atoms with Crippen LogP contribution in [0, 0.1) is 12.7 Å². The van der Waals surface area contributed by atoms with E-state index in [9.17, 15) is 9.18 Å². The lowest BCUT2D eigenvalue weighted by molar-refractivity contribution is 0.0273. The Bertz CT molecular complexity index is 704. The Kier molecular flexibility index (Phi) is 5.51. The van der Waals surface area contributed by atoms with Gasteiger partial charge in [0.15, 0.2) is 5.76 Å². The molecule has 0 spiro atoms. The van der Waals surface area contributed by atoms with Gasteiger partial charge in [0.2, 0.25) is 0 Å². The largest absolute Gasteiger partial charge is 0.451 e. The highest BCUT2D eigenvalue weighted by Gasteiger charge is 2.18. The van der Waals surface area contributed by atoms with E-state index in [4.69, 9.17) is 9.15 Å². The maximum Gasteiger partial charge on any atom is 0.287 e. The zero-order chi connectivity index (χ0) is 16.9. The van der Waals surface area contributed by atoms with E-state index in [1.165, 1.54) is 31.4 Å². The third-order valence-electron chi connectivity index (χ3n) is 4.62. The Balaban J connectivity index is 1.47. The number of hydrogen-bond donors (Lipinski definition) is 1. The van der Waals surface area contributed by atoms with Crippen LogP contribution in [0.3, 0.4) is 0 Å². The molecule has 1 aliphatic carbocycles. The molecule has 0 atom stereocenters. The lowest BCUT2D eigenvalue weighted by atomic mass is 9.98. The Morgan fingerprint density at radius 3 is 2.92 bits per heavy atom. The molecule has 0 bridgehead atoms. The molecule has 5 heteroatoms. The van der Waals surface area contributed by atoms with Gasteiger partial charge in [-0.1, -0.05) is 19.3 Å². The van der Waals surface area contributed by atoms with Crippen LogP contribution in [0.2, 0.25) is 0 Å². The molecule has 3 rings (SSSR count). The standard InChI is InChI=1S/C19H24FNO3/c1-13-16-12-14(20)8-9-17(16)24-18(13)19(22)21-10-5-11-23-15-6-3-2-4-7-15/h8-9,12,15H,2-7,10-11H2,1H3,(H,21,22). The fourth-order valence-electron chi connectivity index (χ4n) is 3.25. The number of nitrogens with one attached hydrogen (secondary N) is 1. The van der Waals surface area contributed by atoms with Crippen molar-refractivity contribution >= 4 is 16.9 Å². The first kappa shape index (κ1) is 17.0. The van der Waals surface area contributed by atoms with Gasteiger partial charge in [-0.05, 0) is 44.4 Å². The van der Waals surface area contributed by atoms with Crippen LogP contribution in [-0.4, -0.2) is 25.2 Å². The number of furan rings is 1. The summed E-state index contributed by atoms with van der Waals surface area (Å²) in [6, 6.07) is 4.27. The predicted molar refractivity (Wildman–Crippen MR) is 90.7 cm³/mol. The lowest BCUT2D eigenvalue weighted by Crippen LogP contribution is -2.26. The molecular formula is C19H24FNO3. The predicted octanol–water partition coefficient (Wildman–Crippen LogP) is 4.35. The number of halogens is 1. The maximum absolute atomic E-state index is 13.3. The summed E-state index contributed by atoms with van der Waals surface area (Å²) in [6.07, 6.45) is 7.30. The summed E-state index contributed by atoms with van der Waals surface area (Å²) in [5, 5.41) is 3.49. The highest BCUT2D eigenvalue weighted by atomic mass is 19.1. The fourth-order valence-corrected chi connectivity index (χ4v) is 3.25. The average Bonchev–Trinajstić information content (AvgIpc) is 2.92. The van der Waals surface area contributed by atoms with Crippen molar-refractivity contribution in [1.29, 1.82) is 0 Å². The van der Waals surface area contributed by atoms with E-state index < -0.39 is 0 Å². The van der Waals surface area contributed by atoms with Crippen LogP contribution in [0.4, 0.5) is 4.39 Å². The molecule has 0 saturated heterocycles. The van der Waals surface area contributed by atoms with Crippen molar-refractivity contribution in [3.05, 3.63) is 35.3 Å². The number of carbonyl (C=O) groups is 1. The first-order chi connectivity index (χ1) is 11.6. The molecule has 1 fully saturated rings. The second-order valence-corrected chi connectivity index (χ2v) is 6.44. The number of hydrogen-bond acceptors (Lipinski definition) is 3. The van der Waals surface area contributed by atoms with Crippen molar-refractivity contribution < 1.29 is 18.3 Å². The Labute approximate surface area is 141 Å². The van der Waals surface area contributed by atoms with E-state index >= 15 is 0 Å². The van der Waals surface area contributed by atoms with E-state index in [1.54, 1.807) is 13.0 Å². The van der Waals surface area contributed by atoms with Gasteiger partial charge in [0.05, 0.1) is 6.10 Å². The van der Waals surface area contributed by atoms with Crippen molar-refractivity contribution in [2.24, 2.45) is 0 Å². The van der Waals surface area contributed by atoms with Gasteiger partial charge in [-0.15, -0.1) is 0 Å². The Hall–Kier alpha value is -1.88. The summed E-state index contributed by atoms with van der Waals surface area (Å²) >= 11 is 0. The molecule has 1 aromatic carbocycles. The van der Waals surface area contributed by atoms with Gasteiger partial charge in [0, 0.05) is 24.1 Å². The smallest absolute Gasteiger partial charge is 0.287 e. The number of amides is 1. The van der Waals surface area contributed by atoms with Gasteiger partial charge in [-0.3, -0.25) is 4.79 Å². The maximum atomic E-state index is 13.3. The van der Waals surface area contributed by atoms with E-state index in [2.05, 4.69) is 5.32 Å². The lowest BCUT2D eigenvalue weighted by Gasteiger charge is -2.21. The van der Waals surface area contributed by atoms with Crippen molar-refractivity contribution in [2.45, 2.75) is 51.6 Å². The van der Waals surface area contributed by atoms with Crippen LogP contribution in [0.1, 0.15) is 54.6 Å². The summed E-state index contributed by atoms with van der Waals surface area (Å²) < 4.78 is 24.7. The van der Waals surface area contributed by atoms with Crippen molar-refractivity contribution in [2.75, 3.05) is 13.2 Å². The summed E-state index contributed by atoms with van der Waals surface area (Å²) in [4.78, 5) is 12.2. The van der Waals surface area contributed by atoms with E-state index in [0.29, 0.717) is 35.8 Å². The monoisotopic (exact) mass is 333 g/mol. The van der Waals surface area contributed by atoms with Crippen LogP contribution in [0.25, 0.3) is 11.0 Å². The van der Waals surface area contributed by atoms with Crippen molar-refractivity contribution in [3.8, 4) is 0 Å². The molecule has 0 radical (unpaired) electrons. The summed E-state index contributed by atoms with van der Waals surface area (Å²) in [5.41, 5.74) is 1.19. The van der Waals surface area contributed by atoms with Gasteiger partial charge in [-0.2, -0.15) is 0 Å². The van der Waals surface area contributed by atoms with Crippen LogP contribution in [-0.2, 0) is 4.74 Å². The van der Waals surface area contributed by atoms with Crippen molar-refractivity contribution in [3.63, 3.8) is 0 Å². The molecular weight excluding hydrogens is 309 g/mol. The number of aryl methyl sites for hydroxylation is 1. The van der Waals surface area contributed by atoms with Gasteiger partial charge in [-0.25, -0.2) is 4.39 Å². The van der Waals surface area contributed by atoms with Gasteiger partial charge in [0.1, 0.15) is 11.4 Å². The van der Waals surface area contributed by atoms with Crippen LogP contribution in [0.5, 0.6) is 0 Å². The highest BCUT2D eigenvalue weighted by molar-refractivity contribution is 5.98. The second kappa shape index (κ2) is 7.79. The number of rotatable bonds is 6. The minimum absolute atomic E-state index is 0.254. The summed E-state index contributed by atoms with van der Waals surface area (Å²) in [5.74, 6) is -0.344. The average molecular weight is 333 g/mol. The van der Waals surface area contributed by atoms with Gasteiger partial charge >= 0.3 is 0 Å². The molecule has 1 N–H and O–H groups in total. The molecule has 4 nitrogen and oxygen atoms in total. The van der Waals surface area contributed by atoms with Crippen LogP contribution < -0.4 is 5.32 Å². The molecule has 1 heterocycles. The molecule has 1 saturated carbocycles. The van der Waals surface area contributed by atoms with E-state index in [-0.39, 0.29) is 17.5 Å². The van der Waals surface area contributed by atoms with E-state index in [0.717, 1.165) is 19.3 Å². The third-order valence-corrected chi connectivity index (χ3v) is 4.62. The Morgan fingerprint density at radius 2 is 2.12 bits per heavy atom. The zero-order valence-corrected chi connectivity index (χ0v) is 14.1. The SMILES string of the molecule is Cc1c(C(=O)NCCCOC2CCCCC2)oc2ccc(F)cc12. The summed E-state index contributed by atoms with van der Waals surface area (Å²) in [7, 11) is 0. The topological polar surface area (TPSA) is 51.5 Å². The van der Waals surface area contributed by atoms with Crippen LogP contribution >= 0.6 is 0 Å². The van der Waals surface area contributed by atoms with Gasteiger partial charge in [0.25, 0.3) is 5.91 Å². The van der Waals surface area contributed by atoms with E-state index in [1.807, 2.05) is 0 Å². The fraction of sp³-hybridized carbons (Fsp3) is 0.526. The molecule has 1 amide bonds. The second-order valence-electron chi connectivity index (χ2n) is 6.44. The number of ether oxygens (including phenoxy) is 1. The molecule has 0 aliphatic heterocycles. The quantitative estimate of drug-likeness (QED) is 0.800. The molecule has 1 aliphatic rings. The summed E-state index contributed by atoms with van der Waals surface area (Å²) in [6.45, 7) is 2.97. The van der Waals surface area contributed by atoms with Gasteiger partial charge < -0.3 is 14.5 Å². The first-order valence-electron chi connectivity index (χ1n) is 8.73. The number of benzene rings is 1. The molecule has 130 valence electrons. The molecule has 2 aromatic rings.